The van der Waals surface area contributed by atoms with Crippen molar-refractivity contribution >= 4 is 11.3 Å². The molecule has 2 heteroatoms. The summed E-state index contributed by atoms with van der Waals surface area (Å²) in [7, 11) is 0. The fourth-order valence-corrected chi connectivity index (χ4v) is 2.75. The zero-order valence-electron chi connectivity index (χ0n) is 10.9. The molecule has 1 aromatic carbocycles. The predicted molar refractivity (Wildman–Crippen MR) is 75.7 cm³/mol. The molecule has 0 saturated heterocycles. The van der Waals surface area contributed by atoms with Crippen LogP contribution in [0.1, 0.15) is 50.0 Å². The first-order chi connectivity index (χ1) is 8.09. The van der Waals surface area contributed by atoms with Crippen LogP contribution in [0.4, 0.5) is 0 Å². The second kappa shape index (κ2) is 5.01. The average Bonchev–Trinajstić information content (AvgIpc) is 2.78. The lowest BCUT2D eigenvalue weighted by Gasteiger charge is -2.09. The van der Waals surface area contributed by atoms with Crippen molar-refractivity contribution in [3.63, 3.8) is 0 Å². The molecule has 0 aliphatic rings. The number of thiazole rings is 1. The maximum Gasteiger partial charge on any atom is 0.0845 e. The van der Waals surface area contributed by atoms with E-state index in [1.165, 1.54) is 16.0 Å². The normalized spacial score (nSPS) is 11.4. The molecule has 0 fully saturated rings. The van der Waals surface area contributed by atoms with Crippen LogP contribution in [-0.4, -0.2) is 4.98 Å². The number of hydrogen-bond acceptors (Lipinski definition) is 2. The molecule has 0 aliphatic heterocycles. The second-order valence-corrected chi connectivity index (χ2v) is 5.89. The highest BCUT2D eigenvalue weighted by Crippen LogP contribution is 2.32. The summed E-state index contributed by atoms with van der Waals surface area (Å²) in [6.07, 6.45) is 0. The quantitative estimate of drug-likeness (QED) is 0.736. The first-order valence-electron chi connectivity index (χ1n) is 6.13. The fraction of sp³-hybridized carbons (Fsp3) is 0.400. The molecule has 2 aromatic rings. The lowest BCUT2D eigenvalue weighted by atomic mass is 9.98. The Labute approximate surface area is 108 Å². The van der Waals surface area contributed by atoms with E-state index in [4.69, 9.17) is 0 Å². The van der Waals surface area contributed by atoms with Crippen molar-refractivity contribution in [3.05, 3.63) is 40.2 Å². The number of rotatable bonds is 3. The van der Waals surface area contributed by atoms with E-state index in [2.05, 4.69) is 56.9 Å². The molecule has 0 unspecified atom stereocenters. The van der Waals surface area contributed by atoms with Crippen LogP contribution in [0.2, 0.25) is 0 Å². The van der Waals surface area contributed by atoms with Gasteiger partial charge in [-0.25, -0.2) is 4.98 Å². The molecule has 0 N–H and O–H groups in total. The van der Waals surface area contributed by atoms with E-state index in [-0.39, 0.29) is 0 Å². The Hall–Kier alpha value is -1.15. The lowest BCUT2D eigenvalue weighted by molar-refractivity contribution is 0.866. The molecule has 1 aromatic heterocycles. The third-order valence-corrected chi connectivity index (χ3v) is 4.08. The lowest BCUT2D eigenvalue weighted by Crippen LogP contribution is -1.91. The minimum absolute atomic E-state index is 0.542. The second-order valence-electron chi connectivity index (χ2n) is 5.00. The van der Waals surface area contributed by atoms with Gasteiger partial charge in [-0.3, -0.25) is 0 Å². The molecular weight excluding hydrogens is 226 g/mol. The maximum absolute atomic E-state index is 4.53. The summed E-state index contributed by atoms with van der Waals surface area (Å²) in [6.45, 7) is 8.90. The van der Waals surface area contributed by atoms with Crippen molar-refractivity contribution in [1.82, 2.24) is 4.98 Å². The van der Waals surface area contributed by atoms with E-state index in [0.29, 0.717) is 11.8 Å². The standard InChI is InChI=1S/C15H19NS/c1-10(2)12-6-5-7-13(8-12)14-15(11(3)4)17-9-16-14/h5-11H,1-4H3. The van der Waals surface area contributed by atoms with Gasteiger partial charge < -0.3 is 0 Å². The van der Waals surface area contributed by atoms with Crippen molar-refractivity contribution in [3.8, 4) is 11.3 Å². The van der Waals surface area contributed by atoms with Crippen LogP contribution in [-0.2, 0) is 0 Å². The molecule has 2 rings (SSSR count). The van der Waals surface area contributed by atoms with Crippen molar-refractivity contribution in [2.75, 3.05) is 0 Å². The smallest absolute Gasteiger partial charge is 0.0845 e. The SMILES string of the molecule is CC(C)c1cccc(-c2ncsc2C(C)C)c1. The first-order valence-corrected chi connectivity index (χ1v) is 7.01. The predicted octanol–water partition coefficient (Wildman–Crippen LogP) is 5.06. The number of nitrogens with zero attached hydrogens (tertiary/aromatic N) is 1. The summed E-state index contributed by atoms with van der Waals surface area (Å²) >= 11 is 1.76. The minimum atomic E-state index is 0.542. The van der Waals surface area contributed by atoms with Crippen LogP contribution in [0.3, 0.4) is 0 Å². The Morgan fingerprint density at radius 2 is 1.82 bits per heavy atom. The molecule has 0 atom stereocenters. The van der Waals surface area contributed by atoms with Gasteiger partial charge >= 0.3 is 0 Å². The average molecular weight is 245 g/mol. The largest absolute Gasteiger partial charge is 0.244 e. The van der Waals surface area contributed by atoms with E-state index in [1.807, 2.05) is 5.51 Å². The summed E-state index contributed by atoms with van der Waals surface area (Å²) < 4.78 is 0. The van der Waals surface area contributed by atoms with Crippen LogP contribution in [0, 0.1) is 0 Å². The summed E-state index contributed by atoms with van der Waals surface area (Å²) in [4.78, 5) is 5.91. The van der Waals surface area contributed by atoms with Crippen molar-refractivity contribution in [2.45, 2.75) is 39.5 Å². The summed E-state index contributed by atoms with van der Waals surface area (Å²) in [6, 6.07) is 8.75. The van der Waals surface area contributed by atoms with Crippen LogP contribution in [0.15, 0.2) is 29.8 Å². The molecule has 0 amide bonds. The maximum atomic E-state index is 4.53. The molecule has 0 saturated carbocycles. The van der Waals surface area contributed by atoms with Crippen molar-refractivity contribution < 1.29 is 0 Å². The monoisotopic (exact) mass is 245 g/mol. The Morgan fingerprint density at radius 1 is 1.06 bits per heavy atom. The van der Waals surface area contributed by atoms with E-state index in [1.54, 1.807) is 11.3 Å². The highest BCUT2D eigenvalue weighted by Gasteiger charge is 2.12. The van der Waals surface area contributed by atoms with Gasteiger partial charge in [0.25, 0.3) is 0 Å². The molecular formula is C15H19NS. The molecule has 90 valence electrons. The molecule has 0 bridgehead atoms. The van der Waals surface area contributed by atoms with E-state index in [0.717, 1.165) is 5.69 Å². The van der Waals surface area contributed by atoms with Gasteiger partial charge in [0.2, 0.25) is 0 Å². The Morgan fingerprint density at radius 3 is 2.47 bits per heavy atom. The third-order valence-electron chi connectivity index (χ3n) is 2.95. The van der Waals surface area contributed by atoms with Crippen molar-refractivity contribution in [2.24, 2.45) is 0 Å². The molecule has 1 nitrogen and oxygen atoms in total. The number of hydrogen-bond donors (Lipinski definition) is 0. The first kappa shape index (κ1) is 12.3. The molecule has 0 radical (unpaired) electrons. The molecule has 17 heavy (non-hydrogen) atoms. The van der Waals surface area contributed by atoms with Gasteiger partial charge in [0.1, 0.15) is 0 Å². The number of benzene rings is 1. The van der Waals surface area contributed by atoms with Gasteiger partial charge in [-0.05, 0) is 23.5 Å². The fourth-order valence-electron chi connectivity index (χ4n) is 1.93. The van der Waals surface area contributed by atoms with E-state index >= 15 is 0 Å². The Balaban J connectivity index is 2.46. The van der Waals surface area contributed by atoms with Crippen molar-refractivity contribution in [1.29, 1.82) is 0 Å². The molecule has 1 heterocycles. The highest BCUT2D eigenvalue weighted by atomic mass is 32.1. The van der Waals surface area contributed by atoms with Gasteiger partial charge in [-0.15, -0.1) is 11.3 Å². The molecule has 0 aliphatic carbocycles. The topological polar surface area (TPSA) is 12.9 Å². The van der Waals surface area contributed by atoms with Gasteiger partial charge in [0.05, 0.1) is 11.2 Å². The van der Waals surface area contributed by atoms with Crippen LogP contribution >= 0.6 is 11.3 Å². The summed E-state index contributed by atoms with van der Waals surface area (Å²) in [5, 5.41) is 0. The number of aromatic nitrogens is 1. The van der Waals surface area contributed by atoms with Gasteiger partial charge in [0, 0.05) is 10.4 Å². The van der Waals surface area contributed by atoms with Gasteiger partial charge in [-0.1, -0.05) is 45.9 Å². The molecule has 0 spiro atoms. The van der Waals surface area contributed by atoms with Crippen LogP contribution < -0.4 is 0 Å². The highest BCUT2D eigenvalue weighted by molar-refractivity contribution is 7.10. The van der Waals surface area contributed by atoms with E-state index < -0.39 is 0 Å². The zero-order valence-corrected chi connectivity index (χ0v) is 11.7. The minimum Gasteiger partial charge on any atom is -0.244 e. The van der Waals surface area contributed by atoms with Gasteiger partial charge in [-0.2, -0.15) is 0 Å². The summed E-state index contributed by atoms with van der Waals surface area (Å²) in [5.74, 6) is 1.11. The zero-order chi connectivity index (χ0) is 12.4. The van der Waals surface area contributed by atoms with Crippen LogP contribution in [0.5, 0.6) is 0 Å². The van der Waals surface area contributed by atoms with Gasteiger partial charge in [0.15, 0.2) is 0 Å². The van der Waals surface area contributed by atoms with Crippen LogP contribution in [0.25, 0.3) is 11.3 Å². The third kappa shape index (κ3) is 2.58. The van der Waals surface area contributed by atoms with E-state index in [9.17, 15) is 0 Å². The summed E-state index contributed by atoms with van der Waals surface area (Å²) in [5.41, 5.74) is 5.74. The Bertz CT molecular complexity index is 497. The Kier molecular flexibility index (Phi) is 3.63.